The van der Waals surface area contributed by atoms with E-state index in [0.717, 1.165) is 5.56 Å². The van der Waals surface area contributed by atoms with Gasteiger partial charge in [-0.3, -0.25) is 0 Å². The fourth-order valence-electron chi connectivity index (χ4n) is 4.92. The van der Waals surface area contributed by atoms with Crippen LogP contribution in [0.5, 0.6) is 11.5 Å². The number of aliphatic hydroxyl groups excluding tert-OH is 2. The molecule has 7 atom stereocenters. The quantitative estimate of drug-likeness (QED) is 0.633. The molecule has 1 aromatic carbocycles. The Bertz CT molecular complexity index is 723. The summed E-state index contributed by atoms with van der Waals surface area (Å²) < 4.78 is 22.2. The third-order valence-corrected chi connectivity index (χ3v) is 6.56. The van der Waals surface area contributed by atoms with Crippen LogP contribution in [0.4, 0.5) is 0 Å². The van der Waals surface area contributed by atoms with Crippen molar-refractivity contribution in [2.75, 3.05) is 21.3 Å². The van der Waals surface area contributed by atoms with E-state index in [0.29, 0.717) is 24.3 Å². The number of hydrogen-bond acceptors (Lipinski definition) is 7. The lowest BCUT2D eigenvalue weighted by Gasteiger charge is -2.52. The summed E-state index contributed by atoms with van der Waals surface area (Å²) in [6.45, 7) is 5.80. The number of methoxy groups -OCH3 is 3. The molecule has 28 heavy (non-hydrogen) atoms. The van der Waals surface area contributed by atoms with Crippen LogP contribution in [-0.4, -0.2) is 60.7 Å². The number of benzene rings is 1. The minimum atomic E-state index is -1.94. The highest BCUT2D eigenvalue weighted by Gasteiger charge is 2.71. The molecule has 7 heteroatoms. The molecule has 1 saturated heterocycles. The third kappa shape index (κ3) is 2.84. The molecule has 2 aliphatic rings. The normalized spacial score (nSPS) is 40.0. The zero-order valence-electron chi connectivity index (χ0n) is 16.8. The van der Waals surface area contributed by atoms with E-state index in [1.807, 2.05) is 13.0 Å². The van der Waals surface area contributed by atoms with Crippen molar-refractivity contribution in [2.24, 2.45) is 11.3 Å². The van der Waals surface area contributed by atoms with Crippen molar-refractivity contribution >= 4 is 0 Å². The van der Waals surface area contributed by atoms with Gasteiger partial charge in [-0.1, -0.05) is 19.1 Å². The molecule has 0 unspecified atom stereocenters. The van der Waals surface area contributed by atoms with Crippen LogP contribution in [0.2, 0.25) is 0 Å². The van der Waals surface area contributed by atoms with Crippen LogP contribution in [0.3, 0.4) is 0 Å². The lowest BCUT2D eigenvalue weighted by Crippen LogP contribution is -2.67. The van der Waals surface area contributed by atoms with Gasteiger partial charge in [0.1, 0.15) is 12.2 Å². The SMILES string of the molecule is C=CC[C@]12C[C@@H](OC)[C@@H](O)[C@H](O)[C@@]1(O)O[C@@H](c1ccc(OC)c(OC)c1)[C@H]2C. The van der Waals surface area contributed by atoms with E-state index < -0.39 is 35.6 Å². The van der Waals surface area contributed by atoms with Crippen molar-refractivity contribution in [3.8, 4) is 11.5 Å². The summed E-state index contributed by atoms with van der Waals surface area (Å²) >= 11 is 0. The molecular weight excluding hydrogens is 364 g/mol. The second kappa shape index (κ2) is 7.65. The minimum Gasteiger partial charge on any atom is -0.493 e. The first kappa shape index (κ1) is 21.1. The molecule has 0 spiro atoms. The van der Waals surface area contributed by atoms with Crippen molar-refractivity contribution in [1.29, 1.82) is 0 Å². The topological polar surface area (TPSA) is 97.6 Å². The molecule has 0 aromatic heterocycles. The molecular formula is C21H30O7. The summed E-state index contributed by atoms with van der Waals surface area (Å²) in [5, 5.41) is 32.7. The maximum Gasteiger partial charge on any atom is 0.201 e. The molecule has 1 aliphatic heterocycles. The highest BCUT2D eigenvalue weighted by Crippen LogP contribution is 2.63. The van der Waals surface area contributed by atoms with Gasteiger partial charge in [-0.25, -0.2) is 0 Å². The van der Waals surface area contributed by atoms with Gasteiger partial charge < -0.3 is 34.3 Å². The summed E-state index contributed by atoms with van der Waals surface area (Å²) in [7, 11) is 4.60. The molecule has 3 rings (SSSR count). The standard InChI is InChI=1S/C21H30O7/c1-6-9-20-11-16(27-5)17(22)19(23)21(20,24)28-18(12(20)2)13-7-8-14(25-3)15(10-13)26-4/h6-8,10,12,16-19,22-24H,1,9,11H2,2-5H3/t12-,16-,17-,18-,19+,20-,21-/m1/s1. The van der Waals surface area contributed by atoms with Gasteiger partial charge in [0, 0.05) is 12.5 Å². The van der Waals surface area contributed by atoms with Crippen LogP contribution >= 0.6 is 0 Å². The van der Waals surface area contributed by atoms with Crippen LogP contribution in [0.1, 0.15) is 31.4 Å². The van der Waals surface area contributed by atoms with Crippen molar-refractivity contribution in [3.05, 3.63) is 36.4 Å². The fourth-order valence-corrected chi connectivity index (χ4v) is 4.92. The van der Waals surface area contributed by atoms with Crippen molar-refractivity contribution in [2.45, 2.75) is 50.0 Å². The van der Waals surface area contributed by atoms with Gasteiger partial charge in [-0.05, 0) is 36.5 Å². The predicted molar refractivity (Wildman–Crippen MR) is 102 cm³/mol. The molecule has 156 valence electrons. The van der Waals surface area contributed by atoms with Crippen LogP contribution in [0, 0.1) is 11.3 Å². The first-order valence-electron chi connectivity index (χ1n) is 9.41. The van der Waals surface area contributed by atoms with Crippen molar-refractivity contribution in [1.82, 2.24) is 0 Å². The molecule has 3 N–H and O–H groups in total. The Morgan fingerprint density at radius 1 is 1.21 bits per heavy atom. The van der Waals surface area contributed by atoms with E-state index >= 15 is 0 Å². The number of aliphatic hydroxyl groups is 3. The monoisotopic (exact) mass is 394 g/mol. The third-order valence-electron chi connectivity index (χ3n) is 6.56. The average Bonchev–Trinajstić information content (AvgIpc) is 2.93. The first-order valence-corrected chi connectivity index (χ1v) is 9.41. The lowest BCUT2D eigenvalue weighted by molar-refractivity contribution is -0.336. The number of fused-ring (bicyclic) bond motifs is 1. The van der Waals surface area contributed by atoms with Gasteiger partial charge in [-0.15, -0.1) is 6.58 Å². The zero-order valence-corrected chi connectivity index (χ0v) is 16.8. The summed E-state index contributed by atoms with van der Waals surface area (Å²) in [5.74, 6) is -1.00. The van der Waals surface area contributed by atoms with E-state index in [4.69, 9.17) is 18.9 Å². The Morgan fingerprint density at radius 2 is 1.89 bits per heavy atom. The zero-order chi connectivity index (χ0) is 20.7. The lowest BCUT2D eigenvalue weighted by atomic mass is 9.58. The Hall–Kier alpha value is -1.64. The average molecular weight is 394 g/mol. The van der Waals surface area contributed by atoms with E-state index in [1.165, 1.54) is 7.11 Å². The molecule has 0 radical (unpaired) electrons. The van der Waals surface area contributed by atoms with E-state index in [-0.39, 0.29) is 5.92 Å². The van der Waals surface area contributed by atoms with Gasteiger partial charge in [0.25, 0.3) is 0 Å². The number of ether oxygens (including phenoxy) is 4. The Labute approximate surface area is 165 Å². The van der Waals surface area contributed by atoms with Gasteiger partial charge >= 0.3 is 0 Å². The molecule has 1 saturated carbocycles. The largest absolute Gasteiger partial charge is 0.493 e. The molecule has 7 nitrogen and oxygen atoms in total. The smallest absolute Gasteiger partial charge is 0.201 e. The maximum atomic E-state index is 11.5. The number of rotatable bonds is 6. The Kier molecular flexibility index (Phi) is 5.76. The summed E-state index contributed by atoms with van der Waals surface area (Å²) in [4.78, 5) is 0. The number of allylic oxidation sites excluding steroid dienone is 1. The second-order valence-corrected chi connectivity index (χ2v) is 7.70. The van der Waals surface area contributed by atoms with Gasteiger partial charge in [0.15, 0.2) is 11.5 Å². The van der Waals surface area contributed by atoms with Gasteiger partial charge in [-0.2, -0.15) is 0 Å². The highest BCUT2D eigenvalue weighted by atomic mass is 16.7. The van der Waals surface area contributed by atoms with Crippen LogP contribution < -0.4 is 9.47 Å². The van der Waals surface area contributed by atoms with E-state index in [9.17, 15) is 15.3 Å². The highest BCUT2D eigenvalue weighted by molar-refractivity contribution is 5.44. The van der Waals surface area contributed by atoms with Crippen LogP contribution in [0.15, 0.2) is 30.9 Å². The second-order valence-electron chi connectivity index (χ2n) is 7.70. The van der Waals surface area contributed by atoms with Crippen LogP contribution in [-0.2, 0) is 9.47 Å². The molecule has 1 heterocycles. The predicted octanol–water partition coefficient (Wildman–Crippen LogP) is 1.80. The van der Waals surface area contributed by atoms with Crippen LogP contribution in [0.25, 0.3) is 0 Å². The maximum absolute atomic E-state index is 11.5. The van der Waals surface area contributed by atoms with Gasteiger partial charge in [0.2, 0.25) is 5.79 Å². The Morgan fingerprint density at radius 3 is 2.46 bits per heavy atom. The molecule has 2 fully saturated rings. The molecule has 0 amide bonds. The van der Waals surface area contributed by atoms with Crippen molar-refractivity contribution in [3.63, 3.8) is 0 Å². The van der Waals surface area contributed by atoms with Gasteiger partial charge in [0.05, 0.1) is 26.4 Å². The molecule has 1 aliphatic carbocycles. The number of hydrogen-bond donors (Lipinski definition) is 3. The summed E-state index contributed by atoms with van der Waals surface area (Å²) in [6, 6.07) is 5.43. The van der Waals surface area contributed by atoms with E-state index in [2.05, 4.69) is 6.58 Å². The first-order chi connectivity index (χ1) is 13.3. The van der Waals surface area contributed by atoms with Crippen molar-refractivity contribution < 1.29 is 34.3 Å². The van der Waals surface area contributed by atoms with E-state index in [1.54, 1.807) is 32.4 Å². The molecule has 1 aromatic rings. The summed E-state index contributed by atoms with van der Waals surface area (Å²) in [6.07, 6.45) is -1.48. The Balaban J connectivity index is 2.08. The fraction of sp³-hybridized carbons (Fsp3) is 0.619. The summed E-state index contributed by atoms with van der Waals surface area (Å²) in [5.41, 5.74) is -0.0848. The molecule has 0 bridgehead atoms. The minimum absolute atomic E-state index is 0.201.